The second kappa shape index (κ2) is 5.08. The molecule has 2 heteroatoms. The smallest absolute Gasteiger partial charge is 0.108 e. The zero-order chi connectivity index (χ0) is 12.3. The van der Waals surface area contributed by atoms with Crippen molar-refractivity contribution in [2.45, 2.75) is 38.7 Å². The van der Waals surface area contributed by atoms with Gasteiger partial charge in [-0.15, -0.1) is 6.42 Å². The Morgan fingerprint density at radius 1 is 1.65 bits per heavy atom. The van der Waals surface area contributed by atoms with Crippen LogP contribution in [0, 0.1) is 17.8 Å². The molecule has 0 amide bonds. The molecule has 2 aliphatic rings. The van der Waals surface area contributed by atoms with Crippen LogP contribution in [0.15, 0.2) is 23.3 Å². The van der Waals surface area contributed by atoms with Gasteiger partial charge in [0.25, 0.3) is 0 Å². The Morgan fingerprint density at radius 3 is 3.18 bits per heavy atom. The summed E-state index contributed by atoms with van der Waals surface area (Å²) in [6.45, 7) is 2.82. The first-order chi connectivity index (χ1) is 8.20. The van der Waals surface area contributed by atoms with Crippen LogP contribution >= 0.6 is 0 Å². The quantitative estimate of drug-likeness (QED) is 0.598. The van der Waals surface area contributed by atoms with Gasteiger partial charge in [-0.1, -0.05) is 36.1 Å². The number of hydrogen-bond acceptors (Lipinski definition) is 2. The van der Waals surface area contributed by atoms with Crippen molar-refractivity contribution in [3.8, 4) is 12.3 Å². The average Bonchev–Trinajstić information content (AvgIpc) is 2.65. The van der Waals surface area contributed by atoms with Crippen LogP contribution in [0.5, 0.6) is 0 Å². The SMILES string of the molecule is C#CCO[C@@H]1C=C2CC/C(=C\CO)[C@]2(C)CC1. The first kappa shape index (κ1) is 12.4. The molecular weight excluding hydrogens is 212 g/mol. The third kappa shape index (κ3) is 2.31. The predicted octanol–water partition coefficient (Wildman–Crippen LogP) is 2.44. The number of fused-ring (bicyclic) bond motifs is 1. The second-order valence-electron chi connectivity index (χ2n) is 5.03. The number of terminal acetylenes is 1. The van der Waals surface area contributed by atoms with Gasteiger partial charge in [-0.2, -0.15) is 0 Å². The molecule has 92 valence electrons. The fraction of sp³-hybridized carbons (Fsp3) is 0.600. The molecular formula is C15H20O2. The summed E-state index contributed by atoms with van der Waals surface area (Å²) in [5.74, 6) is 2.52. The molecule has 0 aromatic carbocycles. The highest BCUT2D eigenvalue weighted by Crippen LogP contribution is 2.52. The van der Waals surface area contributed by atoms with Gasteiger partial charge in [-0.25, -0.2) is 0 Å². The van der Waals surface area contributed by atoms with E-state index in [4.69, 9.17) is 16.3 Å². The Morgan fingerprint density at radius 2 is 2.47 bits per heavy atom. The molecule has 0 unspecified atom stereocenters. The zero-order valence-corrected chi connectivity index (χ0v) is 10.4. The van der Waals surface area contributed by atoms with Crippen LogP contribution in [0.4, 0.5) is 0 Å². The van der Waals surface area contributed by atoms with Crippen LogP contribution in [-0.2, 0) is 4.74 Å². The molecule has 2 rings (SSSR count). The van der Waals surface area contributed by atoms with E-state index in [9.17, 15) is 0 Å². The maximum atomic E-state index is 9.06. The van der Waals surface area contributed by atoms with Gasteiger partial charge in [-0.05, 0) is 25.7 Å². The Kier molecular flexibility index (Phi) is 3.71. The van der Waals surface area contributed by atoms with Crippen LogP contribution in [0.1, 0.15) is 32.6 Å². The molecule has 1 fully saturated rings. The van der Waals surface area contributed by atoms with E-state index in [1.165, 1.54) is 11.1 Å². The molecule has 0 heterocycles. The minimum Gasteiger partial charge on any atom is -0.392 e. The number of rotatable bonds is 3. The Hall–Kier alpha value is -1.04. The Labute approximate surface area is 103 Å². The van der Waals surface area contributed by atoms with Gasteiger partial charge in [0.1, 0.15) is 6.61 Å². The van der Waals surface area contributed by atoms with E-state index >= 15 is 0 Å². The second-order valence-corrected chi connectivity index (χ2v) is 5.03. The highest BCUT2D eigenvalue weighted by atomic mass is 16.5. The molecule has 0 aromatic heterocycles. The van der Waals surface area contributed by atoms with E-state index in [-0.39, 0.29) is 18.1 Å². The molecule has 0 aromatic rings. The van der Waals surface area contributed by atoms with E-state index in [1.807, 2.05) is 6.08 Å². The van der Waals surface area contributed by atoms with Gasteiger partial charge in [0.05, 0.1) is 12.7 Å². The molecule has 1 saturated carbocycles. The maximum absolute atomic E-state index is 9.06. The van der Waals surface area contributed by atoms with E-state index in [0.717, 1.165) is 25.7 Å². The van der Waals surface area contributed by atoms with Crippen LogP contribution in [0.2, 0.25) is 0 Å². The zero-order valence-electron chi connectivity index (χ0n) is 10.4. The van der Waals surface area contributed by atoms with Gasteiger partial charge < -0.3 is 9.84 Å². The predicted molar refractivity (Wildman–Crippen MR) is 68.4 cm³/mol. The first-order valence-electron chi connectivity index (χ1n) is 6.27. The van der Waals surface area contributed by atoms with Crippen LogP contribution in [-0.4, -0.2) is 24.4 Å². The maximum Gasteiger partial charge on any atom is 0.108 e. The summed E-state index contributed by atoms with van der Waals surface area (Å²) in [5.41, 5.74) is 3.02. The molecule has 2 atom stereocenters. The van der Waals surface area contributed by atoms with Gasteiger partial charge >= 0.3 is 0 Å². The number of ether oxygens (including phenoxy) is 1. The standard InChI is InChI=1S/C15H20O2/c1-3-10-17-14-6-8-15(2)12(7-9-16)4-5-13(15)11-14/h1,7,11,14,16H,4-6,8-10H2,2H3/b12-7+/t14-,15-/m0/s1. The Bertz CT molecular complexity index is 386. The minimum absolute atomic E-state index is 0.148. The summed E-state index contributed by atoms with van der Waals surface area (Å²) in [6, 6.07) is 0. The van der Waals surface area contributed by atoms with Crippen molar-refractivity contribution in [2.24, 2.45) is 5.41 Å². The summed E-state index contributed by atoms with van der Waals surface area (Å²) in [7, 11) is 0. The van der Waals surface area contributed by atoms with Crippen molar-refractivity contribution in [2.75, 3.05) is 13.2 Å². The highest BCUT2D eigenvalue weighted by Gasteiger charge is 2.40. The fourth-order valence-corrected chi connectivity index (χ4v) is 3.08. The third-order valence-corrected chi connectivity index (χ3v) is 4.12. The normalized spacial score (nSPS) is 34.3. The van der Waals surface area contributed by atoms with Gasteiger partial charge in [0, 0.05) is 5.41 Å². The molecule has 0 aliphatic heterocycles. The van der Waals surface area contributed by atoms with E-state index in [1.54, 1.807) is 0 Å². The van der Waals surface area contributed by atoms with Crippen LogP contribution < -0.4 is 0 Å². The summed E-state index contributed by atoms with van der Waals surface area (Å²) in [4.78, 5) is 0. The van der Waals surface area contributed by atoms with Crippen molar-refractivity contribution in [3.05, 3.63) is 23.3 Å². The number of aliphatic hydroxyl groups excluding tert-OH is 1. The van der Waals surface area contributed by atoms with E-state index in [0.29, 0.717) is 6.61 Å². The summed E-state index contributed by atoms with van der Waals surface area (Å²) in [6.07, 6.45) is 13.9. The lowest BCUT2D eigenvalue weighted by Gasteiger charge is -2.34. The van der Waals surface area contributed by atoms with Gasteiger partial charge in [0.15, 0.2) is 0 Å². The molecule has 0 radical (unpaired) electrons. The number of hydrogen-bond donors (Lipinski definition) is 1. The molecule has 0 saturated heterocycles. The van der Waals surface area contributed by atoms with Gasteiger partial charge in [-0.3, -0.25) is 0 Å². The van der Waals surface area contributed by atoms with Crippen molar-refractivity contribution < 1.29 is 9.84 Å². The van der Waals surface area contributed by atoms with E-state index in [2.05, 4.69) is 18.9 Å². The van der Waals surface area contributed by atoms with Crippen molar-refractivity contribution in [1.29, 1.82) is 0 Å². The third-order valence-electron chi connectivity index (χ3n) is 4.12. The van der Waals surface area contributed by atoms with Crippen molar-refractivity contribution >= 4 is 0 Å². The lowest BCUT2D eigenvalue weighted by Crippen LogP contribution is -2.26. The summed E-state index contributed by atoms with van der Waals surface area (Å²) in [5, 5.41) is 9.06. The van der Waals surface area contributed by atoms with Gasteiger partial charge in [0.2, 0.25) is 0 Å². The highest BCUT2D eigenvalue weighted by molar-refractivity contribution is 5.37. The monoisotopic (exact) mass is 232 g/mol. The molecule has 2 aliphatic carbocycles. The molecule has 2 nitrogen and oxygen atoms in total. The number of aliphatic hydroxyl groups is 1. The topological polar surface area (TPSA) is 29.5 Å². The molecule has 17 heavy (non-hydrogen) atoms. The first-order valence-corrected chi connectivity index (χ1v) is 6.27. The molecule has 1 N–H and O–H groups in total. The fourth-order valence-electron chi connectivity index (χ4n) is 3.08. The number of allylic oxidation sites excluding steroid dienone is 2. The van der Waals surface area contributed by atoms with Crippen LogP contribution in [0.25, 0.3) is 0 Å². The van der Waals surface area contributed by atoms with Crippen LogP contribution in [0.3, 0.4) is 0 Å². The molecule has 0 spiro atoms. The summed E-state index contributed by atoms with van der Waals surface area (Å²) >= 11 is 0. The molecule has 0 bridgehead atoms. The largest absolute Gasteiger partial charge is 0.392 e. The van der Waals surface area contributed by atoms with Crippen molar-refractivity contribution in [1.82, 2.24) is 0 Å². The lowest BCUT2D eigenvalue weighted by atomic mass is 9.73. The van der Waals surface area contributed by atoms with E-state index < -0.39 is 0 Å². The van der Waals surface area contributed by atoms with Crippen molar-refractivity contribution in [3.63, 3.8) is 0 Å². The minimum atomic E-state index is 0.148. The Balaban J connectivity index is 2.15. The summed E-state index contributed by atoms with van der Waals surface area (Å²) < 4.78 is 5.60. The average molecular weight is 232 g/mol. The lowest BCUT2D eigenvalue weighted by molar-refractivity contribution is 0.0907.